The minimum Gasteiger partial charge on any atom is -0.481 e. The minimum absolute atomic E-state index is 0.0306. The van der Waals surface area contributed by atoms with Gasteiger partial charge in [0, 0.05) is 30.4 Å². The van der Waals surface area contributed by atoms with Gasteiger partial charge < -0.3 is 29.6 Å². The first-order valence-corrected chi connectivity index (χ1v) is 9.52. The Morgan fingerprint density at radius 1 is 1.10 bits per heavy atom. The summed E-state index contributed by atoms with van der Waals surface area (Å²) in [5.74, 6) is -2.11. The molecule has 0 spiro atoms. The number of benzene rings is 1. The number of nitrogens with one attached hydrogen (secondary N) is 1. The van der Waals surface area contributed by atoms with E-state index in [-0.39, 0.29) is 18.6 Å². The van der Waals surface area contributed by atoms with E-state index < -0.39 is 17.4 Å². The van der Waals surface area contributed by atoms with Gasteiger partial charge in [-0.1, -0.05) is 0 Å². The number of aryl methyl sites for hydroxylation is 2. The van der Waals surface area contributed by atoms with Crippen LogP contribution in [0.15, 0.2) is 23.1 Å². The summed E-state index contributed by atoms with van der Waals surface area (Å²) in [7, 11) is 0. The largest absolute Gasteiger partial charge is 0.481 e. The van der Waals surface area contributed by atoms with Crippen LogP contribution in [0.2, 0.25) is 0 Å². The van der Waals surface area contributed by atoms with Crippen LogP contribution < -0.4 is 10.7 Å². The average Bonchev–Trinajstić information content (AvgIpc) is 2.68. The van der Waals surface area contributed by atoms with Crippen molar-refractivity contribution in [1.82, 2.24) is 4.57 Å². The van der Waals surface area contributed by atoms with Gasteiger partial charge in [-0.05, 0) is 30.5 Å². The van der Waals surface area contributed by atoms with Gasteiger partial charge in [-0.25, -0.2) is 4.79 Å². The molecule has 0 saturated heterocycles. The standard InChI is InChI=1S/C20H24N2O7/c23-17(24)3-6-28-8-9-29-7-4-21-14-10-13-2-1-5-22-12-16(20(26)27)19(25)15(11-14)18(13)22/h10-12,21H,1-9H2,(H,23,24)(H,26,27). The van der Waals surface area contributed by atoms with Gasteiger partial charge >= 0.3 is 11.9 Å². The van der Waals surface area contributed by atoms with Crippen LogP contribution in [0.5, 0.6) is 0 Å². The second-order valence-electron chi connectivity index (χ2n) is 6.80. The van der Waals surface area contributed by atoms with Crippen LogP contribution in [0.1, 0.15) is 28.8 Å². The molecule has 2 aromatic rings. The number of carbonyl (C=O) groups is 2. The summed E-state index contributed by atoms with van der Waals surface area (Å²) >= 11 is 0. The Balaban J connectivity index is 1.60. The maximum absolute atomic E-state index is 12.6. The predicted octanol–water partition coefficient (Wildman–Crippen LogP) is 1.57. The lowest BCUT2D eigenvalue weighted by Gasteiger charge is -2.21. The molecule has 3 N–H and O–H groups in total. The van der Waals surface area contributed by atoms with Crippen LogP contribution in [-0.2, 0) is 27.2 Å². The van der Waals surface area contributed by atoms with E-state index >= 15 is 0 Å². The fourth-order valence-corrected chi connectivity index (χ4v) is 3.44. The third-order valence-corrected chi connectivity index (χ3v) is 4.73. The number of pyridine rings is 1. The van der Waals surface area contributed by atoms with Crippen molar-refractivity contribution in [2.24, 2.45) is 0 Å². The van der Waals surface area contributed by atoms with Gasteiger partial charge in [0.1, 0.15) is 5.56 Å². The molecular weight excluding hydrogens is 380 g/mol. The van der Waals surface area contributed by atoms with Gasteiger partial charge in [0.05, 0.1) is 38.4 Å². The van der Waals surface area contributed by atoms with E-state index in [0.29, 0.717) is 38.3 Å². The molecule has 0 aliphatic carbocycles. The van der Waals surface area contributed by atoms with Crippen LogP contribution in [0, 0.1) is 0 Å². The molecule has 2 heterocycles. The van der Waals surface area contributed by atoms with Gasteiger partial charge in [-0.2, -0.15) is 0 Å². The number of aromatic nitrogens is 1. The molecule has 0 saturated carbocycles. The molecule has 9 heteroatoms. The van der Waals surface area contributed by atoms with Gasteiger partial charge in [0.2, 0.25) is 5.43 Å². The molecule has 3 rings (SSSR count). The quantitative estimate of drug-likeness (QED) is 0.482. The molecule has 0 unspecified atom stereocenters. The number of hydrogen-bond acceptors (Lipinski definition) is 6. The fourth-order valence-electron chi connectivity index (χ4n) is 3.44. The van der Waals surface area contributed by atoms with E-state index in [1.165, 1.54) is 6.20 Å². The first-order valence-electron chi connectivity index (χ1n) is 9.52. The number of anilines is 1. The van der Waals surface area contributed by atoms with Gasteiger partial charge in [0.15, 0.2) is 0 Å². The fraction of sp³-hybridized carbons (Fsp3) is 0.450. The highest BCUT2D eigenvalue weighted by atomic mass is 16.5. The summed E-state index contributed by atoms with van der Waals surface area (Å²) < 4.78 is 12.4. The number of carboxylic acids is 2. The van der Waals surface area contributed by atoms with Crippen LogP contribution >= 0.6 is 0 Å². The molecule has 0 fully saturated rings. The zero-order valence-electron chi connectivity index (χ0n) is 16.0. The van der Waals surface area contributed by atoms with Crippen molar-refractivity contribution < 1.29 is 29.3 Å². The van der Waals surface area contributed by atoms with Gasteiger partial charge in [-0.15, -0.1) is 0 Å². The van der Waals surface area contributed by atoms with Crippen molar-refractivity contribution in [2.45, 2.75) is 25.8 Å². The van der Waals surface area contributed by atoms with E-state index in [9.17, 15) is 19.5 Å². The SMILES string of the molecule is O=C(O)CCOCCOCCNc1cc2c3c(c1)c(=O)c(C(=O)O)cn3CCC2. The number of ether oxygens (including phenoxy) is 2. The molecule has 0 radical (unpaired) electrons. The maximum Gasteiger partial charge on any atom is 0.341 e. The van der Waals surface area contributed by atoms with Crippen molar-refractivity contribution in [3.8, 4) is 0 Å². The molecule has 0 atom stereocenters. The Hall–Kier alpha value is -2.91. The van der Waals surface area contributed by atoms with E-state index in [1.807, 2.05) is 10.6 Å². The highest BCUT2D eigenvalue weighted by Crippen LogP contribution is 2.27. The molecular formula is C20H24N2O7. The van der Waals surface area contributed by atoms with Crippen LogP contribution in [-0.4, -0.2) is 59.7 Å². The first kappa shape index (κ1) is 20.8. The Morgan fingerprint density at radius 2 is 1.86 bits per heavy atom. The molecule has 0 amide bonds. The lowest BCUT2D eigenvalue weighted by molar-refractivity contribution is -0.138. The maximum atomic E-state index is 12.6. The van der Waals surface area contributed by atoms with Crippen molar-refractivity contribution in [2.75, 3.05) is 38.3 Å². The molecule has 1 aromatic carbocycles. The van der Waals surface area contributed by atoms with Crippen molar-refractivity contribution in [1.29, 1.82) is 0 Å². The van der Waals surface area contributed by atoms with Gasteiger partial charge in [-0.3, -0.25) is 9.59 Å². The monoisotopic (exact) mass is 404 g/mol. The Morgan fingerprint density at radius 3 is 2.59 bits per heavy atom. The molecule has 1 aromatic heterocycles. The highest BCUT2D eigenvalue weighted by molar-refractivity contribution is 5.94. The smallest absolute Gasteiger partial charge is 0.341 e. The minimum atomic E-state index is -1.22. The zero-order valence-corrected chi connectivity index (χ0v) is 16.0. The van der Waals surface area contributed by atoms with E-state index in [2.05, 4.69) is 5.32 Å². The van der Waals surface area contributed by atoms with E-state index in [4.69, 9.17) is 14.6 Å². The summed E-state index contributed by atoms with van der Waals surface area (Å²) in [5.41, 5.74) is 1.91. The Labute approximate surface area is 166 Å². The molecule has 1 aliphatic rings. The van der Waals surface area contributed by atoms with Crippen LogP contribution in [0.4, 0.5) is 5.69 Å². The lowest BCUT2D eigenvalue weighted by atomic mass is 9.98. The summed E-state index contributed by atoms with van der Waals surface area (Å²) in [6, 6.07) is 3.69. The topological polar surface area (TPSA) is 127 Å². The lowest BCUT2D eigenvalue weighted by Crippen LogP contribution is -2.22. The number of nitrogens with zero attached hydrogens (tertiary/aromatic N) is 1. The molecule has 29 heavy (non-hydrogen) atoms. The number of aromatic carboxylic acids is 1. The van der Waals surface area contributed by atoms with Crippen molar-refractivity contribution in [3.63, 3.8) is 0 Å². The van der Waals surface area contributed by atoms with E-state index in [1.54, 1.807) is 6.07 Å². The second-order valence-corrected chi connectivity index (χ2v) is 6.80. The summed E-state index contributed by atoms with van der Waals surface area (Å²) in [6.45, 7) is 2.45. The average molecular weight is 404 g/mol. The number of hydrogen-bond donors (Lipinski definition) is 3. The highest BCUT2D eigenvalue weighted by Gasteiger charge is 2.20. The zero-order chi connectivity index (χ0) is 20.8. The van der Waals surface area contributed by atoms with Crippen LogP contribution in [0.3, 0.4) is 0 Å². The Kier molecular flexibility index (Phi) is 6.84. The van der Waals surface area contributed by atoms with Crippen LogP contribution in [0.25, 0.3) is 10.9 Å². The van der Waals surface area contributed by atoms with Crippen molar-refractivity contribution in [3.05, 3.63) is 39.7 Å². The number of aliphatic carboxylic acids is 1. The van der Waals surface area contributed by atoms with Gasteiger partial charge in [0.25, 0.3) is 0 Å². The molecule has 9 nitrogen and oxygen atoms in total. The third-order valence-electron chi connectivity index (χ3n) is 4.73. The third kappa shape index (κ3) is 5.12. The Bertz CT molecular complexity index is 967. The first-order chi connectivity index (χ1) is 14.0. The second kappa shape index (κ2) is 9.53. The summed E-state index contributed by atoms with van der Waals surface area (Å²) in [5, 5.41) is 21.5. The normalized spacial score (nSPS) is 12.8. The predicted molar refractivity (Wildman–Crippen MR) is 106 cm³/mol. The summed E-state index contributed by atoms with van der Waals surface area (Å²) in [4.78, 5) is 34.4. The summed E-state index contributed by atoms with van der Waals surface area (Å²) in [6.07, 6.45) is 3.13. The molecule has 1 aliphatic heterocycles. The van der Waals surface area contributed by atoms with Crippen molar-refractivity contribution >= 4 is 28.5 Å². The molecule has 156 valence electrons. The van der Waals surface area contributed by atoms with E-state index in [0.717, 1.165) is 29.6 Å². The molecule has 0 bridgehead atoms. The number of carboxylic acid groups (broad SMARTS) is 2. The number of rotatable bonds is 11.